The van der Waals surface area contributed by atoms with E-state index in [0.29, 0.717) is 23.9 Å². The molecule has 1 saturated carbocycles. The molecule has 0 bridgehead atoms. The highest BCUT2D eigenvalue weighted by Crippen LogP contribution is 2.41. The second-order valence-corrected chi connectivity index (χ2v) is 10.4. The summed E-state index contributed by atoms with van der Waals surface area (Å²) in [6.07, 6.45) is -0.892. The number of hydrogen-bond donors (Lipinski definition) is 5. The molecule has 0 radical (unpaired) electrons. The molecule has 2 fully saturated rings. The Labute approximate surface area is 186 Å². The molecule has 5 unspecified atom stereocenters. The Bertz CT molecular complexity index is 1170. The number of hydroxylamine groups is 1. The number of nitrogen functional groups attached to an aromatic ring is 1. The van der Waals surface area contributed by atoms with E-state index in [1.54, 1.807) is 10.8 Å². The van der Waals surface area contributed by atoms with Crippen LogP contribution in [-0.2, 0) is 13.8 Å². The summed E-state index contributed by atoms with van der Waals surface area (Å²) in [6, 6.07) is 1.45. The molecule has 1 saturated heterocycles. The van der Waals surface area contributed by atoms with Crippen LogP contribution in [0.3, 0.4) is 0 Å². The lowest BCUT2D eigenvalue weighted by atomic mass is 10.1. The lowest BCUT2D eigenvalue weighted by Crippen LogP contribution is -3.04. The van der Waals surface area contributed by atoms with Crippen molar-refractivity contribution in [1.29, 1.82) is 0 Å². The molecule has 3 aromatic heterocycles. The fraction of sp³-hybridized carbons (Fsp3) is 0.444. The van der Waals surface area contributed by atoms with Gasteiger partial charge in [0.1, 0.15) is 36.1 Å². The van der Waals surface area contributed by atoms with Crippen LogP contribution < -0.4 is 10.6 Å². The first-order chi connectivity index (χ1) is 15.3. The van der Waals surface area contributed by atoms with Gasteiger partial charge in [-0.05, 0) is 22.4 Å². The minimum atomic E-state index is -4.50. The van der Waals surface area contributed by atoms with E-state index < -0.39 is 49.8 Å². The molecule has 6 atom stereocenters. The highest BCUT2D eigenvalue weighted by Gasteiger charge is 2.47. The van der Waals surface area contributed by atoms with E-state index in [-0.39, 0.29) is 5.82 Å². The zero-order chi connectivity index (χ0) is 22.6. The highest BCUT2D eigenvalue weighted by atomic mass is 32.1. The predicted molar refractivity (Wildman–Crippen MR) is 114 cm³/mol. The van der Waals surface area contributed by atoms with Gasteiger partial charge >= 0.3 is 7.75 Å². The maximum Gasteiger partial charge on any atom is 0.527 e. The Morgan fingerprint density at radius 3 is 2.84 bits per heavy atom. The minimum absolute atomic E-state index is 0.252. The molecule has 172 valence electrons. The van der Waals surface area contributed by atoms with E-state index in [2.05, 4.69) is 9.97 Å². The number of ether oxygens (including phenoxy) is 1. The topological polar surface area (TPSA) is 180 Å². The van der Waals surface area contributed by atoms with Crippen LogP contribution in [0.2, 0.25) is 0 Å². The number of quaternary nitrogens is 1. The lowest BCUT2D eigenvalue weighted by Gasteiger charge is -2.26. The largest absolute Gasteiger partial charge is 0.628 e. The van der Waals surface area contributed by atoms with Gasteiger partial charge in [0, 0.05) is 24.6 Å². The van der Waals surface area contributed by atoms with E-state index in [1.807, 2.05) is 16.8 Å². The van der Waals surface area contributed by atoms with Crippen LogP contribution in [0, 0.1) is 5.21 Å². The van der Waals surface area contributed by atoms with E-state index in [1.165, 1.54) is 17.7 Å². The Balaban J connectivity index is 1.42. The summed E-state index contributed by atoms with van der Waals surface area (Å²) >= 11 is 1.50. The summed E-state index contributed by atoms with van der Waals surface area (Å²) in [5.74, 6) is 0.252. The maximum atomic E-state index is 12.2. The molecule has 0 aromatic carbocycles. The normalized spacial score (nSPS) is 28.8. The van der Waals surface area contributed by atoms with Gasteiger partial charge in [-0.15, -0.1) is 0 Å². The van der Waals surface area contributed by atoms with Gasteiger partial charge in [0.2, 0.25) is 0 Å². The van der Waals surface area contributed by atoms with Crippen molar-refractivity contribution in [3.05, 3.63) is 34.6 Å². The quantitative estimate of drug-likeness (QED) is 0.227. The van der Waals surface area contributed by atoms with Gasteiger partial charge in [-0.3, -0.25) is 14.3 Å². The van der Waals surface area contributed by atoms with E-state index in [0.717, 1.165) is 11.1 Å². The highest BCUT2D eigenvalue weighted by molar-refractivity contribution is 7.45. The molecular weight excluding hydrogens is 461 g/mol. The second-order valence-electron chi connectivity index (χ2n) is 7.89. The first-order valence-electron chi connectivity index (χ1n) is 9.95. The molecule has 5 rings (SSSR count). The molecule has 1 aliphatic carbocycles. The molecule has 0 amide bonds. The van der Waals surface area contributed by atoms with Crippen molar-refractivity contribution in [2.75, 3.05) is 12.3 Å². The number of rotatable bonds is 7. The lowest BCUT2D eigenvalue weighted by molar-refractivity contribution is -0.742. The Morgan fingerprint density at radius 2 is 2.16 bits per heavy atom. The second kappa shape index (κ2) is 8.13. The SMILES string of the molecule is Nc1ncnc2c1c(-c1ccsc1)cn2C1O[C@H](COP(=O)(O)[NH+]([O-])C2CC2)C(O)C1O. The summed E-state index contributed by atoms with van der Waals surface area (Å²) in [7, 11) is -4.50. The van der Waals surface area contributed by atoms with Crippen LogP contribution in [0.5, 0.6) is 0 Å². The monoisotopic (exact) mass is 483 g/mol. The smallest absolute Gasteiger partial charge is 0.527 e. The van der Waals surface area contributed by atoms with Gasteiger partial charge in [0.05, 0.1) is 18.0 Å². The van der Waals surface area contributed by atoms with Crippen LogP contribution in [0.4, 0.5) is 5.82 Å². The summed E-state index contributed by atoms with van der Waals surface area (Å²) in [4.78, 5) is 17.4. The number of anilines is 1. The first-order valence-corrected chi connectivity index (χ1v) is 12.5. The number of nitrogens with one attached hydrogen (secondary N) is 1. The van der Waals surface area contributed by atoms with Crippen molar-refractivity contribution in [3.63, 3.8) is 0 Å². The maximum absolute atomic E-state index is 12.2. The van der Waals surface area contributed by atoms with E-state index >= 15 is 0 Å². The van der Waals surface area contributed by atoms with Crippen molar-refractivity contribution >= 4 is 35.9 Å². The zero-order valence-electron chi connectivity index (χ0n) is 16.6. The molecule has 14 heteroatoms. The number of fused-ring (bicyclic) bond motifs is 1. The van der Waals surface area contributed by atoms with Gasteiger partial charge in [0.25, 0.3) is 0 Å². The number of aromatic nitrogens is 3. The van der Waals surface area contributed by atoms with Crippen LogP contribution in [0.25, 0.3) is 22.2 Å². The van der Waals surface area contributed by atoms with Crippen LogP contribution in [0.15, 0.2) is 29.4 Å². The van der Waals surface area contributed by atoms with Crippen molar-refractivity contribution in [2.45, 2.75) is 43.4 Å². The van der Waals surface area contributed by atoms with Gasteiger partial charge in [-0.25, -0.2) is 14.5 Å². The molecule has 0 spiro atoms. The average molecular weight is 483 g/mol. The summed E-state index contributed by atoms with van der Waals surface area (Å²) in [5.41, 5.74) is 8.11. The zero-order valence-corrected chi connectivity index (χ0v) is 18.4. The average Bonchev–Trinajstić information content (AvgIpc) is 3.20. The van der Waals surface area contributed by atoms with E-state index in [9.17, 15) is 24.9 Å². The summed E-state index contributed by atoms with van der Waals surface area (Å²) in [5, 5.41) is 37.5. The molecule has 6 N–H and O–H groups in total. The van der Waals surface area contributed by atoms with Crippen molar-refractivity contribution in [3.8, 4) is 11.1 Å². The minimum Gasteiger partial charge on any atom is -0.628 e. The number of aliphatic hydroxyl groups excluding tert-OH is 2. The van der Waals surface area contributed by atoms with Gasteiger partial charge in [-0.1, -0.05) is 0 Å². The number of nitrogens with zero attached hydrogens (tertiary/aromatic N) is 3. The molecule has 3 aromatic rings. The Hall–Kier alpha value is -1.93. The van der Waals surface area contributed by atoms with Crippen LogP contribution >= 0.6 is 19.1 Å². The predicted octanol–water partition coefficient (Wildman–Crippen LogP) is 0.0233. The summed E-state index contributed by atoms with van der Waals surface area (Å²) in [6.45, 7) is -0.533. The fourth-order valence-corrected chi connectivity index (χ4v) is 5.69. The van der Waals surface area contributed by atoms with Crippen molar-refractivity contribution in [1.82, 2.24) is 14.5 Å². The van der Waals surface area contributed by atoms with Crippen molar-refractivity contribution in [2.24, 2.45) is 0 Å². The molecule has 2 aliphatic rings. The Kier molecular flexibility index (Phi) is 5.56. The Morgan fingerprint density at radius 1 is 1.38 bits per heavy atom. The first kappa shape index (κ1) is 21.9. The number of thiophene rings is 1. The number of hydrogen-bond acceptors (Lipinski definition) is 10. The molecule has 12 nitrogen and oxygen atoms in total. The third-order valence-electron chi connectivity index (χ3n) is 5.70. The van der Waals surface area contributed by atoms with Crippen molar-refractivity contribution < 1.29 is 33.8 Å². The van der Waals surface area contributed by atoms with Gasteiger partial charge < -0.3 is 30.5 Å². The van der Waals surface area contributed by atoms with Crippen LogP contribution in [-0.4, -0.2) is 60.6 Å². The number of nitrogens with two attached hydrogens (primary N) is 1. The summed E-state index contributed by atoms with van der Waals surface area (Å²) < 4.78 is 24.5. The van der Waals surface area contributed by atoms with Gasteiger partial charge in [0.15, 0.2) is 6.23 Å². The molecular formula is C18H22N5O7PS. The fourth-order valence-electron chi connectivity index (χ4n) is 3.83. The third-order valence-corrected chi connectivity index (χ3v) is 7.81. The van der Waals surface area contributed by atoms with Crippen LogP contribution in [0.1, 0.15) is 19.1 Å². The standard InChI is InChI=1S/C18H22N5O7PS/c19-16-13-11(9-3-4-32-7-9)5-22(17(13)21-8-20-16)18-15(25)14(24)12(30-18)6-29-31(27,28)23(26)10-1-2-10/h3-5,7-8,10,12,14-15,18,23-25H,1-2,6H2,(H,27,28)(H2,19,20,21)/t12-,14?,15?,18?/m1/s1. The molecule has 32 heavy (non-hydrogen) atoms. The molecule has 4 heterocycles. The molecule has 1 aliphatic heterocycles. The third kappa shape index (κ3) is 3.75. The van der Waals surface area contributed by atoms with E-state index in [4.69, 9.17) is 15.0 Å². The van der Waals surface area contributed by atoms with Gasteiger partial charge in [-0.2, -0.15) is 11.3 Å². The number of aliphatic hydroxyl groups is 2.